The van der Waals surface area contributed by atoms with Gasteiger partial charge >= 0.3 is 0 Å². The molecule has 3 rings (SSSR count). The predicted molar refractivity (Wildman–Crippen MR) is 83.3 cm³/mol. The number of hydrogen-bond donors (Lipinski definition) is 1. The molecule has 8 heteroatoms. The molecule has 0 aliphatic carbocycles. The lowest BCUT2D eigenvalue weighted by Gasteiger charge is -2.13. The number of rotatable bonds is 6. The van der Waals surface area contributed by atoms with Crippen molar-refractivity contribution in [2.45, 2.75) is 10.8 Å². The maximum Gasteiger partial charge on any atom is 0.243 e. The molecular weight excluding hydrogens is 322 g/mol. The van der Waals surface area contributed by atoms with Crippen LogP contribution in [0.15, 0.2) is 57.6 Å². The van der Waals surface area contributed by atoms with Crippen molar-refractivity contribution >= 4 is 21.4 Å². The Balaban J connectivity index is 1.80. The molecule has 0 fully saturated rings. The third kappa shape index (κ3) is 3.13. The quantitative estimate of drug-likeness (QED) is 0.748. The van der Waals surface area contributed by atoms with Gasteiger partial charge in [0.05, 0.1) is 18.4 Å². The summed E-state index contributed by atoms with van der Waals surface area (Å²) in [5.41, 5.74) is 0. The number of aryl methyl sites for hydroxylation is 1. The second kappa shape index (κ2) is 6.07. The number of aromatic nitrogens is 2. The molecule has 22 heavy (non-hydrogen) atoms. The molecule has 6 nitrogen and oxygen atoms in total. The minimum Gasteiger partial charge on any atom is -0.469 e. The largest absolute Gasteiger partial charge is 0.469 e. The van der Waals surface area contributed by atoms with Crippen LogP contribution in [0, 0.1) is 0 Å². The molecule has 0 radical (unpaired) electrons. The van der Waals surface area contributed by atoms with Crippen molar-refractivity contribution in [3.05, 3.63) is 58.9 Å². The molecule has 0 saturated heterocycles. The Labute approximate surface area is 132 Å². The first-order valence-corrected chi connectivity index (χ1v) is 8.97. The SMILES string of the molecule is Cn1cc(S(=O)(=O)NCC(c2ccco2)c2cccs2)cn1. The average molecular weight is 337 g/mol. The summed E-state index contributed by atoms with van der Waals surface area (Å²) in [5, 5.41) is 5.85. The van der Waals surface area contributed by atoms with Crippen LogP contribution in [0.4, 0.5) is 0 Å². The van der Waals surface area contributed by atoms with Crippen molar-refractivity contribution in [2.24, 2.45) is 7.05 Å². The molecule has 1 atom stereocenters. The first kappa shape index (κ1) is 15.0. The number of nitrogens with one attached hydrogen (secondary N) is 1. The van der Waals surface area contributed by atoms with E-state index in [1.165, 1.54) is 17.1 Å². The molecule has 1 unspecified atom stereocenters. The van der Waals surface area contributed by atoms with Crippen LogP contribution < -0.4 is 4.72 Å². The Morgan fingerprint density at radius 1 is 1.41 bits per heavy atom. The first-order chi connectivity index (χ1) is 10.6. The highest BCUT2D eigenvalue weighted by Gasteiger charge is 2.22. The lowest BCUT2D eigenvalue weighted by atomic mass is 10.1. The Bertz CT molecular complexity index is 786. The fraction of sp³-hybridized carbons (Fsp3) is 0.214. The second-order valence-corrected chi connectivity index (χ2v) is 7.53. The van der Waals surface area contributed by atoms with E-state index >= 15 is 0 Å². The fourth-order valence-corrected chi connectivity index (χ4v) is 4.00. The van der Waals surface area contributed by atoms with Crippen molar-refractivity contribution in [2.75, 3.05) is 6.54 Å². The van der Waals surface area contributed by atoms with Crippen molar-refractivity contribution in [3.8, 4) is 0 Å². The highest BCUT2D eigenvalue weighted by atomic mass is 32.2. The van der Waals surface area contributed by atoms with E-state index in [2.05, 4.69) is 9.82 Å². The summed E-state index contributed by atoms with van der Waals surface area (Å²) in [5.74, 6) is 0.581. The lowest BCUT2D eigenvalue weighted by molar-refractivity contribution is 0.483. The summed E-state index contributed by atoms with van der Waals surface area (Å²) in [6, 6.07) is 7.55. The van der Waals surface area contributed by atoms with Crippen LogP contribution in [-0.4, -0.2) is 24.7 Å². The van der Waals surface area contributed by atoms with E-state index in [0.29, 0.717) is 0 Å². The normalized spacial score (nSPS) is 13.3. The van der Waals surface area contributed by atoms with Crippen LogP contribution in [0.25, 0.3) is 0 Å². The monoisotopic (exact) mass is 337 g/mol. The highest BCUT2D eigenvalue weighted by Crippen LogP contribution is 2.28. The van der Waals surface area contributed by atoms with Gasteiger partial charge < -0.3 is 4.42 Å². The summed E-state index contributed by atoms with van der Waals surface area (Å²) in [6.45, 7) is 0.227. The van der Waals surface area contributed by atoms with Gasteiger partial charge in [-0.2, -0.15) is 5.10 Å². The van der Waals surface area contributed by atoms with Crippen molar-refractivity contribution in [3.63, 3.8) is 0 Å². The van der Waals surface area contributed by atoms with Crippen LogP contribution in [-0.2, 0) is 17.1 Å². The standard InChI is InChI=1S/C14H15N3O3S2/c1-17-10-11(8-15-17)22(18,19)16-9-12(13-4-2-6-20-13)14-5-3-7-21-14/h2-8,10,12,16H,9H2,1H3. The molecule has 0 aromatic carbocycles. The van der Waals surface area contributed by atoms with Crippen molar-refractivity contribution in [1.29, 1.82) is 0 Å². The van der Waals surface area contributed by atoms with E-state index in [0.717, 1.165) is 10.6 Å². The van der Waals surface area contributed by atoms with E-state index in [4.69, 9.17) is 4.42 Å². The zero-order valence-electron chi connectivity index (χ0n) is 11.8. The molecular formula is C14H15N3O3S2. The van der Waals surface area contributed by atoms with E-state index in [1.807, 2.05) is 23.6 Å². The van der Waals surface area contributed by atoms with Gasteiger partial charge in [0.25, 0.3) is 0 Å². The van der Waals surface area contributed by atoms with Crippen LogP contribution >= 0.6 is 11.3 Å². The van der Waals surface area contributed by atoms with Gasteiger partial charge in [-0.15, -0.1) is 11.3 Å². The minimum absolute atomic E-state index is 0.151. The molecule has 0 aliphatic rings. The van der Waals surface area contributed by atoms with Gasteiger partial charge in [0.15, 0.2) is 0 Å². The van der Waals surface area contributed by atoms with Gasteiger partial charge in [-0.1, -0.05) is 6.07 Å². The van der Waals surface area contributed by atoms with E-state index in [-0.39, 0.29) is 17.4 Å². The number of furan rings is 1. The molecule has 0 amide bonds. The maximum atomic E-state index is 12.3. The topological polar surface area (TPSA) is 77.1 Å². The van der Waals surface area contributed by atoms with E-state index in [9.17, 15) is 8.42 Å². The molecule has 0 aliphatic heterocycles. The zero-order chi connectivity index (χ0) is 15.6. The minimum atomic E-state index is -3.59. The Hall–Kier alpha value is -1.90. The van der Waals surface area contributed by atoms with Crippen LogP contribution in [0.2, 0.25) is 0 Å². The molecule has 116 valence electrons. The summed E-state index contributed by atoms with van der Waals surface area (Å²) in [4.78, 5) is 1.20. The summed E-state index contributed by atoms with van der Waals surface area (Å²) < 4.78 is 34.1. The van der Waals surface area contributed by atoms with Gasteiger partial charge in [-0.05, 0) is 23.6 Å². The molecule has 0 spiro atoms. The maximum absolute atomic E-state index is 12.3. The fourth-order valence-electron chi connectivity index (χ4n) is 2.13. The Morgan fingerprint density at radius 3 is 2.86 bits per heavy atom. The Kier molecular flexibility index (Phi) is 4.14. The zero-order valence-corrected chi connectivity index (χ0v) is 13.5. The number of hydrogen-bond acceptors (Lipinski definition) is 5. The third-order valence-electron chi connectivity index (χ3n) is 3.24. The number of nitrogens with zero attached hydrogens (tertiary/aromatic N) is 2. The summed E-state index contributed by atoms with van der Waals surface area (Å²) in [6.07, 6.45) is 4.39. The van der Waals surface area contributed by atoms with Gasteiger partial charge in [0.1, 0.15) is 10.7 Å². The van der Waals surface area contributed by atoms with E-state index in [1.54, 1.807) is 30.7 Å². The van der Waals surface area contributed by atoms with Gasteiger partial charge in [0.2, 0.25) is 10.0 Å². The van der Waals surface area contributed by atoms with Crippen LogP contribution in [0.1, 0.15) is 16.6 Å². The van der Waals surface area contributed by atoms with E-state index < -0.39 is 10.0 Å². The van der Waals surface area contributed by atoms with Crippen molar-refractivity contribution in [1.82, 2.24) is 14.5 Å². The molecule has 0 bridgehead atoms. The molecule has 1 N–H and O–H groups in total. The van der Waals surface area contributed by atoms with Gasteiger partial charge in [0, 0.05) is 24.7 Å². The first-order valence-electron chi connectivity index (χ1n) is 6.61. The molecule has 0 saturated carbocycles. The van der Waals surface area contributed by atoms with Crippen LogP contribution in [0.3, 0.4) is 0 Å². The van der Waals surface area contributed by atoms with Gasteiger partial charge in [-0.25, -0.2) is 13.1 Å². The van der Waals surface area contributed by atoms with Crippen LogP contribution in [0.5, 0.6) is 0 Å². The average Bonchev–Trinajstić information content (AvgIpc) is 3.20. The predicted octanol–water partition coefficient (Wildman–Crippen LogP) is 2.18. The van der Waals surface area contributed by atoms with Crippen molar-refractivity contribution < 1.29 is 12.8 Å². The lowest BCUT2D eigenvalue weighted by Crippen LogP contribution is -2.28. The third-order valence-corrected chi connectivity index (χ3v) is 5.61. The molecule has 3 heterocycles. The highest BCUT2D eigenvalue weighted by molar-refractivity contribution is 7.89. The van der Waals surface area contributed by atoms with Gasteiger partial charge in [-0.3, -0.25) is 4.68 Å². The number of sulfonamides is 1. The molecule has 3 aromatic rings. The smallest absolute Gasteiger partial charge is 0.243 e. The summed E-state index contributed by atoms with van der Waals surface area (Å²) in [7, 11) is -1.91. The Morgan fingerprint density at radius 2 is 2.27 bits per heavy atom. The number of thiophene rings is 1. The molecule has 3 aromatic heterocycles. The summed E-state index contributed by atoms with van der Waals surface area (Å²) >= 11 is 1.57. The second-order valence-electron chi connectivity index (χ2n) is 4.79.